The van der Waals surface area contributed by atoms with Crippen LogP contribution in [-0.4, -0.2) is 9.38 Å². The van der Waals surface area contributed by atoms with Gasteiger partial charge in [0.05, 0.1) is 22.1 Å². The third-order valence-corrected chi connectivity index (χ3v) is 4.86. The number of rotatable bonds is 3. The van der Waals surface area contributed by atoms with Gasteiger partial charge in [-0.2, -0.15) is 0 Å². The van der Waals surface area contributed by atoms with Crippen LogP contribution in [0.25, 0.3) is 27.5 Å². The standard InChI is InChI=1S/C21H12F2N4O2/c22-11-4-7-13(8-5-11)24-16-3-1-2-14-18(16)25-20-19(26-29)15-10-12(23)6-9-17(15)27(20)21(14)28/h1-10,24-25H. The lowest BCUT2D eigenvalue weighted by atomic mass is 10.2. The van der Waals surface area contributed by atoms with E-state index in [2.05, 4.69) is 15.5 Å². The van der Waals surface area contributed by atoms with Gasteiger partial charge >= 0.3 is 0 Å². The topological polar surface area (TPSA) is 78.7 Å². The van der Waals surface area contributed by atoms with Gasteiger partial charge in [-0.3, -0.25) is 9.20 Å². The molecule has 142 valence electrons. The molecule has 6 nitrogen and oxygen atoms in total. The second kappa shape index (κ2) is 6.23. The Morgan fingerprint density at radius 2 is 1.69 bits per heavy atom. The Hall–Kier alpha value is -4.07. The Morgan fingerprint density at radius 1 is 0.931 bits per heavy atom. The summed E-state index contributed by atoms with van der Waals surface area (Å²) in [5.74, 6) is -0.897. The molecule has 0 bridgehead atoms. The molecule has 0 aliphatic heterocycles. The van der Waals surface area contributed by atoms with Gasteiger partial charge < -0.3 is 10.3 Å². The van der Waals surface area contributed by atoms with Crippen molar-refractivity contribution in [2.24, 2.45) is 5.18 Å². The van der Waals surface area contributed by atoms with Crippen molar-refractivity contribution in [3.63, 3.8) is 0 Å². The largest absolute Gasteiger partial charge is 0.354 e. The monoisotopic (exact) mass is 390 g/mol. The predicted octanol–water partition coefficient (Wildman–Crippen LogP) is 5.35. The Morgan fingerprint density at radius 3 is 2.45 bits per heavy atom. The van der Waals surface area contributed by atoms with Gasteiger partial charge in [-0.15, -0.1) is 4.91 Å². The van der Waals surface area contributed by atoms with E-state index in [1.54, 1.807) is 30.3 Å². The minimum absolute atomic E-state index is 0.0462. The molecule has 29 heavy (non-hydrogen) atoms. The van der Waals surface area contributed by atoms with E-state index in [1.165, 1.54) is 34.7 Å². The molecule has 0 aliphatic carbocycles. The van der Waals surface area contributed by atoms with Gasteiger partial charge in [-0.1, -0.05) is 6.07 Å². The zero-order valence-electron chi connectivity index (χ0n) is 14.7. The second-order valence-electron chi connectivity index (χ2n) is 6.58. The number of H-pyrrole nitrogens is 1. The molecule has 5 rings (SSSR count). The fraction of sp³-hybridized carbons (Fsp3) is 0. The number of benzene rings is 3. The van der Waals surface area contributed by atoms with Crippen LogP contribution in [-0.2, 0) is 0 Å². The van der Waals surface area contributed by atoms with Gasteiger partial charge in [0.2, 0.25) is 0 Å². The number of aromatic amines is 1. The van der Waals surface area contributed by atoms with Crippen molar-refractivity contribution < 1.29 is 8.78 Å². The predicted molar refractivity (Wildman–Crippen MR) is 108 cm³/mol. The van der Waals surface area contributed by atoms with Crippen molar-refractivity contribution in [1.29, 1.82) is 0 Å². The first-order valence-corrected chi connectivity index (χ1v) is 8.71. The number of nitrogens with zero attached hydrogens (tertiary/aromatic N) is 2. The highest BCUT2D eigenvalue weighted by Gasteiger charge is 2.18. The number of aromatic nitrogens is 2. The molecule has 0 fully saturated rings. The van der Waals surface area contributed by atoms with Crippen LogP contribution in [0.1, 0.15) is 0 Å². The molecule has 8 heteroatoms. The van der Waals surface area contributed by atoms with E-state index >= 15 is 0 Å². The second-order valence-corrected chi connectivity index (χ2v) is 6.58. The first kappa shape index (κ1) is 17.1. The highest BCUT2D eigenvalue weighted by molar-refractivity contribution is 6.03. The van der Waals surface area contributed by atoms with Crippen LogP contribution in [0.4, 0.5) is 25.8 Å². The van der Waals surface area contributed by atoms with Gasteiger partial charge in [-0.05, 0) is 59.8 Å². The van der Waals surface area contributed by atoms with Crippen LogP contribution in [0.5, 0.6) is 0 Å². The van der Waals surface area contributed by atoms with E-state index in [9.17, 15) is 18.5 Å². The van der Waals surface area contributed by atoms with Crippen molar-refractivity contribution in [1.82, 2.24) is 9.38 Å². The number of para-hydroxylation sites is 1. The van der Waals surface area contributed by atoms with E-state index in [1.807, 2.05) is 0 Å². The summed E-state index contributed by atoms with van der Waals surface area (Å²) < 4.78 is 28.2. The molecule has 2 heterocycles. The first-order chi connectivity index (χ1) is 14.1. The van der Waals surface area contributed by atoms with E-state index < -0.39 is 5.82 Å². The Balaban J connectivity index is 1.84. The van der Waals surface area contributed by atoms with Gasteiger partial charge in [0.25, 0.3) is 5.56 Å². The normalized spacial score (nSPS) is 11.4. The Bertz CT molecular complexity index is 1490. The molecule has 2 N–H and O–H groups in total. The van der Waals surface area contributed by atoms with Crippen LogP contribution >= 0.6 is 0 Å². The molecular weight excluding hydrogens is 378 g/mol. The molecule has 2 aromatic heterocycles. The highest BCUT2D eigenvalue weighted by atomic mass is 19.1. The molecule has 0 atom stereocenters. The minimum atomic E-state index is -0.533. The molecule has 3 aromatic carbocycles. The van der Waals surface area contributed by atoms with Crippen molar-refractivity contribution in [2.75, 3.05) is 5.32 Å². The van der Waals surface area contributed by atoms with Gasteiger partial charge in [0.1, 0.15) is 17.3 Å². The van der Waals surface area contributed by atoms with Gasteiger partial charge in [0, 0.05) is 11.1 Å². The molecule has 0 aliphatic rings. The molecule has 0 amide bonds. The molecular formula is C21H12F2N4O2. The van der Waals surface area contributed by atoms with Crippen molar-refractivity contribution >= 4 is 44.5 Å². The summed E-state index contributed by atoms with van der Waals surface area (Å²) in [6, 6.07) is 14.7. The summed E-state index contributed by atoms with van der Waals surface area (Å²) >= 11 is 0. The molecule has 0 radical (unpaired) electrons. The lowest BCUT2D eigenvalue weighted by Gasteiger charge is -2.10. The average molecular weight is 390 g/mol. The first-order valence-electron chi connectivity index (χ1n) is 8.71. The minimum Gasteiger partial charge on any atom is -0.354 e. The highest BCUT2D eigenvalue weighted by Crippen LogP contribution is 2.34. The van der Waals surface area contributed by atoms with E-state index in [4.69, 9.17) is 0 Å². The zero-order chi connectivity index (χ0) is 20.1. The SMILES string of the molecule is O=Nc1c2cc(F)ccc2n2c(=O)c3cccc(Nc4ccc(F)cc4)c3[nH]c12. The summed E-state index contributed by atoms with van der Waals surface area (Å²) in [7, 11) is 0. The molecule has 0 spiro atoms. The molecule has 0 saturated heterocycles. The maximum atomic E-state index is 13.7. The smallest absolute Gasteiger partial charge is 0.266 e. The van der Waals surface area contributed by atoms with Crippen molar-refractivity contribution in [3.8, 4) is 0 Å². The van der Waals surface area contributed by atoms with Gasteiger partial charge in [0.15, 0.2) is 5.69 Å². The lowest BCUT2D eigenvalue weighted by Crippen LogP contribution is -2.14. The maximum Gasteiger partial charge on any atom is 0.266 e. The number of hydrogen-bond donors (Lipinski definition) is 2. The third kappa shape index (κ3) is 2.57. The van der Waals surface area contributed by atoms with Gasteiger partial charge in [-0.25, -0.2) is 8.78 Å². The summed E-state index contributed by atoms with van der Waals surface area (Å²) in [5, 5.41) is 6.77. The van der Waals surface area contributed by atoms with Crippen LogP contribution in [0.2, 0.25) is 0 Å². The van der Waals surface area contributed by atoms with E-state index in [0.717, 1.165) is 0 Å². The van der Waals surface area contributed by atoms with Crippen LogP contribution in [0.15, 0.2) is 70.6 Å². The van der Waals surface area contributed by atoms with E-state index in [0.29, 0.717) is 27.8 Å². The van der Waals surface area contributed by atoms with Crippen LogP contribution < -0.4 is 10.9 Å². The third-order valence-electron chi connectivity index (χ3n) is 4.86. The van der Waals surface area contributed by atoms with Crippen molar-refractivity contribution in [3.05, 3.63) is 87.6 Å². The fourth-order valence-corrected chi connectivity index (χ4v) is 3.56. The maximum absolute atomic E-state index is 13.7. The number of nitrogens with one attached hydrogen (secondary N) is 2. The van der Waals surface area contributed by atoms with Crippen LogP contribution in [0.3, 0.4) is 0 Å². The number of fused-ring (bicyclic) bond motifs is 4. The quantitative estimate of drug-likeness (QED) is 0.408. The van der Waals surface area contributed by atoms with Crippen LogP contribution in [0, 0.1) is 16.5 Å². The van der Waals surface area contributed by atoms with E-state index in [-0.39, 0.29) is 28.1 Å². The van der Waals surface area contributed by atoms with Crippen molar-refractivity contribution in [2.45, 2.75) is 0 Å². The average Bonchev–Trinajstić information content (AvgIpc) is 3.03. The fourth-order valence-electron chi connectivity index (χ4n) is 3.56. The zero-order valence-corrected chi connectivity index (χ0v) is 14.7. The Kier molecular flexibility index (Phi) is 3.67. The molecule has 5 aromatic rings. The summed E-state index contributed by atoms with van der Waals surface area (Å²) in [5.41, 5.74) is 1.76. The Labute approximate surface area is 161 Å². The summed E-state index contributed by atoms with van der Waals surface area (Å²) in [6.07, 6.45) is 0. The molecule has 0 saturated carbocycles. The lowest BCUT2D eigenvalue weighted by molar-refractivity contribution is 0.628. The number of halogens is 2. The summed E-state index contributed by atoms with van der Waals surface area (Å²) in [4.78, 5) is 27.8. The number of nitroso groups, excluding NO2 is 1. The summed E-state index contributed by atoms with van der Waals surface area (Å²) in [6.45, 7) is 0. The number of hydrogen-bond acceptors (Lipinski definition) is 4. The number of anilines is 2. The molecule has 0 unspecified atom stereocenters.